The molecule has 2 aromatic rings. The van der Waals surface area contributed by atoms with Crippen molar-refractivity contribution in [1.82, 2.24) is 4.90 Å². The molecule has 25 heavy (non-hydrogen) atoms. The number of rotatable bonds is 2. The van der Waals surface area contributed by atoms with Crippen LogP contribution < -0.4 is 10.6 Å². The third kappa shape index (κ3) is 3.77. The Morgan fingerprint density at radius 1 is 0.920 bits per heavy atom. The minimum atomic E-state index is -0.124. The number of carbonyl (C=O) groups excluding carboxylic acids is 1. The van der Waals surface area contributed by atoms with Crippen molar-refractivity contribution in [3.63, 3.8) is 0 Å². The molecule has 3 rings (SSSR count). The molecule has 0 aliphatic carbocycles. The van der Waals surface area contributed by atoms with Crippen LogP contribution in [-0.4, -0.2) is 37.0 Å². The van der Waals surface area contributed by atoms with Gasteiger partial charge in [-0.1, -0.05) is 52.5 Å². The van der Waals surface area contributed by atoms with E-state index in [1.54, 1.807) is 23.1 Å². The second kappa shape index (κ2) is 7.50. The number of halogens is 4. The average molecular weight is 419 g/mol. The topological polar surface area (TPSA) is 49.6 Å². The van der Waals surface area contributed by atoms with Crippen LogP contribution in [0.3, 0.4) is 0 Å². The standard InChI is InChI=1S/C17H15Cl4N3O/c18-11-2-1-3-14(15(11)21)23-4-6-24(7-5-23)17(25)10-8-12(19)16(22)13(20)9-10/h1-3,8-9H,4-7,22H2. The number of piperazine rings is 1. The predicted octanol–water partition coefficient (Wildman–Crippen LogP) is 4.84. The second-order valence-electron chi connectivity index (χ2n) is 5.71. The summed E-state index contributed by atoms with van der Waals surface area (Å²) in [6.07, 6.45) is 0. The molecular weight excluding hydrogens is 404 g/mol. The summed E-state index contributed by atoms with van der Waals surface area (Å²) >= 11 is 24.4. The molecule has 0 spiro atoms. The molecule has 1 heterocycles. The normalized spacial score (nSPS) is 14.7. The van der Waals surface area contributed by atoms with Gasteiger partial charge in [-0.3, -0.25) is 4.79 Å². The Labute approximate surface area is 166 Å². The van der Waals surface area contributed by atoms with E-state index >= 15 is 0 Å². The Bertz CT molecular complexity index is 797. The average Bonchev–Trinajstić information content (AvgIpc) is 2.61. The van der Waals surface area contributed by atoms with Crippen molar-refractivity contribution in [3.8, 4) is 0 Å². The van der Waals surface area contributed by atoms with Crippen LogP contribution in [-0.2, 0) is 0 Å². The van der Waals surface area contributed by atoms with E-state index in [1.807, 2.05) is 12.1 Å². The fourth-order valence-corrected chi connectivity index (χ4v) is 3.68. The SMILES string of the molecule is Nc1c(Cl)cc(C(=O)N2CCN(c3cccc(Cl)c3Cl)CC2)cc1Cl. The minimum absolute atomic E-state index is 0.124. The van der Waals surface area contributed by atoms with Gasteiger partial charge in [0.25, 0.3) is 5.91 Å². The molecule has 1 saturated heterocycles. The van der Waals surface area contributed by atoms with E-state index in [2.05, 4.69) is 4.90 Å². The number of nitrogens with zero attached hydrogens (tertiary/aromatic N) is 2. The Hall–Kier alpha value is -1.33. The molecule has 8 heteroatoms. The molecule has 132 valence electrons. The summed E-state index contributed by atoms with van der Waals surface area (Å²) < 4.78 is 0. The van der Waals surface area contributed by atoms with Gasteiger partial charge in [0.05, 0.1) is 31.5 Å². The van der Waals surface area contributed by atoms with E-state index in [-0.39, 0.29) is 21.6 Å². The third-order valence-electron chi connectivity index (χ3n) is 4.16. The highest BCUT2D eigenvalue weighted by atomic mass is 35.5. The van der Waals surface area contributed by atoms with Crippen LogP contribution in [0.5, 0.6) is 0 Å². The van der Waals surface area contributed by atoms with Crippen LogP contribution in [0.15, 0.2) is 30.3 Å². The first-order chi connectivity index (χ1) is 11.9. The molecule has 0 aromatic heterocycles. The van der Waals surface area contributed by atoms with Gasteiger partial charge in [-0.15, -0.1) is 0 Å². The smallest absolute Gasteiger partial charge is 0.254 e. The quantitative estimate of drug-likeness (QED) is 0.709. The zero-order valence-electron chi connectivity index (χ0n) is 13.1. The molecule has 2 N–H and O–H groups in total. The fraction of sp³-hybridized carbons (Fsp3) is 0.235. The van der Waals surface area contributed by atoms with Gasteiger partial charge in [0.15, 0.2) is 0 Å². The highest BCUT2D eigenvalue weighted by Crippen LogP contribution is 2.33. The first-order valence-corrected chi connectivity index (χ1v) is 9.12. The molecule has 1 aliphatic rings. The molecule has 0 saturated carbocycles. The van der Waals surface area contributed by atoms with Crippen LogP contribution >= 0.6 is 46.4 Å². The van der Waals surface area contributed by atoms with Gasteiger partial charge in [-0.2, -0.15) is 0 Å². The van der Waals surface area contributed by atoms with Gasteiger partial charge in [0.2, 0.25) is 0 Å². The van der Waals surface area contributed by atoms with Crippen molar-refractivity contribution >= 4 is 63.7 Å². The number of amides is 1. The largest absolute Gasteiger partial charge is 0.396 e. The number of anilines is 2. The number of carbonyl (C=O) groups is 1. The summed E-state index contributed by atoms with van der Waals surface area (Å²) in [4.78, 5) is 16.6. The Morgan fingerprint density at radius 2 is 1.52 bits per heavy atom. The van der Waals surface area contributed by atoms with E-state index in [0.29, 0.717) is 41.8 Å². The molecule has 1 aliphatic heterocycles. The fourth-order valence-electron chi connectivity index (χ4n) is 2.78. The van der Waals surface area contributed by atoms with E-state index in [1.165, 1.54) is 0 Å². The Balaban J connectivity index is 1.72. The number of nitrogen functional groups attached to an aromatic ring is 1. The Kier molecular flexibility index (Phi) is 5.54. The molecular formula is C17H15Cl4N3O. The highest BCUT2D eigenvalue weighted by Gasteiger charge is 2.24. The monoisotopic (exact) mass is 417 g/mol. The van der Waals surface area contributed by atoms with E-state index < -0.39 is 0 Å². The molecule has 4 nitrogen and oxygen atoms in total. The summed E-state index contributed by atoms with van der Waals surface area (Å²) in [6.45, 7) is 2.42. The van der Waals surface area contributed by atoms with Crippen molar-refractivity contribution in [3.05, 3.63) is 56.0 Å². The molecule has 0 radical (unpaired) electrons. The summed E-state index contributed by atoms with van der Waals surface area (Å²) in [7, 11) is 0. The summed E-state index contributed by atoms with van der Waals surface area (Å²) in [5, 5.41) is 1.60. The van der Waals surface area contributed by atoms with E-state index in [0.717, 1.165) is 5.69 Å². The van der Waals surface area contributed by atoms with Gasteiger partial charge < -0.3 is 15.5 Å². The van der Waals surface area contributed by atoms with Crippen LogP contribution in [0.4, 0.5) is 11.4 Å². The Morgan fingerprint density at radius 3 is 2.12 bits per heavy atom. The molecule has 2 aromatic carbocycles. The van der Waals surface area contributed by atoms with Crippen molar-refractivity contribution in [2.45, 2.75) is 0 Å². The summed E-state index contributed by atoms with van der Waals surface area (Å²) in [5.41, 5.74) is 7.30. The highest BCUT2D eigenvalue weighted by molar-refractivity contribution is 6.43. The van der Waals surface area contributed by atoms with Gasteiger partial charge in [0, 0.05) is 31.7 Å². The minimum Gasteiger partial charge on any atom is -0.396 e. The van der Waals surface area contributed by atoms with Gasteiger partial charge in [0.1, 0.15) is 0 Å². The van der Waals surface area contributed by atoms with Crippen molar-refractivity contribution in [2.75, 3.05) is 36.8 Å². The maximum absolute atomic E-state index is 12.7. The van der Waals surface area contributed by atoms with Crippen molar-refractivity contribution < 1.29 is 4.79 Å². The van der Waals surface area contributed by atoms with Gasteiger partial charge in [-0.25, -0.2) is 0 Å². The molecule has 0 bridgehead atoms. The number of nitrogens with two attached hydrogens (primary N) is 1. The summed E-state index contributed by atoms with van der Waals surface area (Å²) in [6, 6.07) is 8.63. The van der Waals surface area contributed by atoms with Crippen molar-refractivity contribution in [1.29, 1.82) is 0 Å². The van der Waals surface area contributed by atoms with Crippen LogP contribution in [0.1, 0.15) is 10.4 Å². The van der Waals surface area contributed by atoms with Crippen LogP contribution in [0.2, 0.25) is 20.1 Å². The van der Waals surface area contributed by atoms with Crippen LogP contribution in [0.25, 0.3) is 0 Å². The lowest BCUT2D eigenvalue weighted by Gasteiger charge is -2.36. The predicted molar refractivity (Wildman–Crippen MR) is 105 cm³/mol. The van der Waals surface area contributed by atoms with Crippen LogP contribution in [0, 0.1) is 0 Å². The maximum Gasteiger partial charge on any atom is 0.254 e. The second-order valence-corrected chi connectivity index (χ2v) is 7.31. The lowest BCUT2D eigenvalue weighted by Crippen LogP contribution is -2.48. The first kappa shape index (κ1) is 18.5. The first-order valence-electron chi connectivity index (χ1n) is 7.61. The maximum atomic E-state index is 12.7. The zero-order valence-corrected chi connectivity index (χ0v) is 16.1. The summed E-state index contributed by atoms with van der Waals surface area (Å²) in [5.74, 6) is -0.124. The number of hydrogen-bond donors (Lipinski definition) is 1. The lowest BCUT2D eigenvalue weighted by molar-refractivity contribution is 0.0747. The number of hydrogen-bond acceptors (Lipinski definition) is 3. The molecule has 0 unspecified atom stereocenters. The lowest BCUT2D eigenvalue weighted by atomic mass is 10.1. The van der Waals surface area contributed by atoms with E-state index in [4.69, 9.17) is 52.1 Å². The van der Waals surface area contributed by atoms with Gasteiger partial charge in [-0.05, 0) is 24.3 Å². The molecule has 1 amide bonds. The third-order valence-corrected chi connectivity index (χ3v) is 5.60. The molecule has 0 atom stereocenters. The molecule has 1 fully saturated rings. The number of benzene rings is 2. The van der Waals surface area contributed by atoms with Gasteiger partial charge >= 0.3 is 0 Å². The zero-order chi connectivity index (χ0) is 18.1. The van der Waals surface area contributed by atoms with Crippen molar-refractivity contribution in [2.24, 2.45) is 0 Å². The van der Waals surface area contributed by atoms with E-state index in [9.17, 15) is 4.79 Å².